The molecular weight excluding hydrogens is 378 g/mol. The lowest BCUT2D eigenvalue weighted by Gasteiger charge is -2.12. The first kappa shape index (κ1) is 18.1. The smallest absolute Gasteiger partial charge is 0.213 e. The number of methoxy groups -OCH3 is 4. The normalized spacial score (nSPS) is 10.9. The summed E-state index contributed by atoms with van der Waals surface area (Å²) in [7, 11) is 6.40. The van der Waals surface area contributed by atoms with Crippen molar-refractivity contribution in [3.05, 3.63) is 41.8 Å². The molecule has 8 heteroatoms. The lowest BCUT2D eigenvalue weighted by molar-refractivity contribution is 0.324. The van der Waals surface area contributed by atoms with Crippen LogP contribution in [0, 0.1) is 0 Å². The van der Waals surface area contributed by atoms with E-state index in [-0.39, 0.29) is 0 Å². The first-order chi connectivity index (χ1) is 13.7. The highest BCUT2D eigenvalue weighted by Gasteiger charge is 2.18. The molecule has 0 aliphatic carbocycles. The van der Waals surface area contributed by atoms with Gasteiger partial charge in [0.2, 0.25) is 10.7 Å². The molecule has 0 unspecified atom stereocenters. The van der Waals surface area contributed by atoms with Crippen LogP contribution in [0.2, 0.25) is 0 Å². The molecule has 2 aromatic carbocycles. The van der Waals surface area contributed by atoms with Crippen LogP contribution in [0.25, 0.3) is 27.6 Å². The van der Waals surface area contributed by atoms with Gasteiger partial charge in [0.1, 0.15) is 5.75 Å². The fourth-order valence-electron chi connectivity index (χ4n) is 2.97. The Hall–Kier alpha value is -3.26. The van der Waals surface area contributed by atoms with Crippen LogP contribution in [0.5, 0.6) is 23.0 Å². The average Bonchev–Trinajstić information content (AvgIpc) is 3.33. The summed E-state index contributed by atoms with van der Waals surface area (Å²) in [5, 5.41) is 6.74. The molecule has 4 aromatic rings. The third-order valence-corrected chi connectivity index (χ3v) is 5.21. The number of hydrogen-bond acceptors (Lipinski definition) is 7. The summed E-state index contributed by atoms with van der Waals surface area (Å²) in [6, 6.07) is 11.5. The summed E-state index contributed by atoms with van der Waals surface area (Å²) in [6.07, 6.45) is 0. The van der Waals surface area contributed by atoms with Crippen molar-refractivity contribution < 1.29 is 18.9 Å². The minimum absolute atomic E-state index is 0.536. The summed E-state index contributed by atoms with van der Waals surface area (Å²) >= 11 is 1.53. The number of rotatable bonds is 6. The lowest BCUT2D eigenvalue weighted by atomic mass is 10.1. The van der Waals surface area contributed by atoms with Gasteiger partial charge in [-0.15, -0.1) is 16.4 Å². The Morgan fingerprint density at radius 1 is 0.821 bits per heavy atom. The molecular formula is C20H19N3O4S. The largest absolute Gasteiger partial charge is 0.497 e. The van der Waals surface area contributed by atoms with E-state index in [9.17, 15) is 0 Å². The van der Waals surface area contributed by atoms with E-state index in [0.717, 1.165) is 27.5 Å². The van der Waals surface area contributed by atoms with Crippen molar-refractivity contribution in [3.8, 4) is 45.6 Å². The van der Waals surface area contributed by atoms with Gasteiger partial charge < -0.3 is 18.9 Å². The molecule has 2 aromatic heterocycles. The van der Waals surface area contributed by atoms with Gasteiger partial charge in [-0.1, -0.05) is 0 Å². The van der Waals surface area contributed by atoms with Crippen LogP contribution >= 0.6 is 11.3 Å². The van der Waals surface area contributed by atoms with Gasteiger partial charge in [-0.3, -0.25) is 0 Å². The zero-order valence-electron chi connectivity index (χ0n) is 15.9. The molecule has 0 spiro atoms. The van der Waals surface area contributed by atoms with E-state index < -0.39 is 0 Å². The van der Waals surface area contributed by atoms with E-state index in [1.165, 1.54) is 11.3 Å². The minimum atomic E-state index is 0.536. The first-order valence-electron chi connectivity index (χ1n) is 8.47. The highest BCUT2D eigenvalue weighted by Crippen LogP contribution is 2.41. The summed E-state index contributed by atoms with van der Waals surface area (Å²) in [5.74, 6) is 3.05. The van der Waals surface area contributed by atoms with Crippen molar-refractivity contribution in [1.82, 2.24) is 14.6 Å². The molecule has 144 valence electrons. The second kappa shape index (κ2) is 7.40. The monoisotopic (exact) mass is 397 g/mol. The Labute approximate surface area is 166 Å². The highest BCUT2D eigenvalue weighted by atomic mass is 32.1. The van der Waals surface area contributed by atoms with E-state index in [2.05, 4.69) is 4.98 Å². The maximum absolute atomic E-state index is 5.43. The van der Waals surface area contributed by atoms with Gasteiger partial charge >= 0.3 is 0 Å². The summed E-state index contributed by atoms with van der Waals surface area (Å²) in [4.78, 5) is 5.46. The van der Waals surface area contributed by atoms with Crippen LogP contribution in [0.1, 0.15) is 0 Å². The minimum Gasteiger partial charge on any atom is -0.497 e. The number of benzene rings is 2. The number of hydrogen-bond donors (Lipinski definition) is 0. The number of fused-ring (bicyclic) bond motifs is 1. The van der Waals surface area contributed by atoms with Gasteiger partial charge in [-0.05, 0) is 36.4 Å². The third-order valence-electron chi connectivity index (χ3n) is 4.39. The van der Waals surface area contributed by atoms with Crippen LogP contribution in [0.4, 0.5) is 0 Å². The number of nitrogens with zero attached hydrogens (tertiary/aromatic N) is 3. The van der Waals surface area contributed by atoms with Gasteiger partial charge in [0.05, 0.1) is 34.1 Å². The molecule has 0 aliphatic rings. The second-order valence-corrected chi connectivity index (χ2v) is 6.73. The first-order valence-corrected chi connectivity index (χ1v) is 9.35. The van der Waals surface area contributed by atoms with Crippen LogP contribution in [0.15, 0.2) is 41.8 Å². The second-order valence-electron chi connectivity index (χ2n) is 5.89. The summed E-state index contributed by atoms with van der Waals surface area (Å²) in [5.41, 5.74) is 2.79. The summed E-state index contributed by atoms with van der Waals surface area (Å²) in [6.45, 7) is 0. The van der Waals surface area contributed by atoms with Crippen LogP contribution < -0.4 is 18.9 Å². The van der Waals surface area contributed by atoms with Crippen LogP contribution in [0.3, 0.4) is 0 Å². The van der Waals surface area contributed by atoms with Crippen molar-refractivity contribution in [2.24, 2.45) is 0 Å². The molecule has 0 atom stereocenters. The summed E-state index contributed by atoms with van der Waals surface area (Å²) < 4.78 is 23.3. The van der Waals surface area contributed by atoms with Gasteiger partial charge in [-0.2, -0.15) is 4.98 Å². The zero-order chi connectivity index (χ0) is 19.7. The van der Waals surface area contributed by atoms with Crippen molar-refractivity contribution in [2.45, 2.75) is 0 Å². The number of ether oxygens (including phenoxy) is 4. The quantitative estimate of drug-likeness (QED) is 0.487. The van der Waals surface area contributed by atoms with Crippen LogP contribution in [-0.2, 0) is 0 Å². The molecule has 28 heavy (non-hydrogen) atoms. The van der Waals surface area contributed by atoms with Gasteiger partial charge in [-0.25, -0.2) is 4.52 Å². The van der Waals surface area contributed by atoms with E-state index in [0.29, 0.717) is 23.1 Å². The SMILES string of the molecule is COc1ccc(-c2csc3nc(-c4cc(OC)c(OC)c(OC)c4)nn23)cc1. The molecule has 0 saturated heterocycles. The number of aromatic nitrogens is 3. The Balaban J connectivity index is 1.79. The Morgan fingerprint density at radius 3 is 2.07 bits per heavy atom. The molecule has 0 saturated carbocycles. The fourth-order valence-corrected chi connectivity index (χ4v) is 3.81. The predicted octanol–water partition coefficient (Wildman–Crippen LogP) is 4.16. The van der Waals surface area contributed by atoms with Crippen LogP contribution in [-0.4, -0.2) is 43.0 Å². The predicted molar refractivity (Wildman–Crippen MR) is 108 cm³/mol. The van der Waals surface area contributed by atoms with Crippen molar-refractivity contribution in [1.29, 1.82) is 0 Å². The van der Waals surface area contributed by atoms with Gasteiger partial charge in [0, 0.05) is 16.5 Å². The van der Waals surface area contributed by atoms with Crippen molar-refractivity contribution in [2.75, 3.05) is 28.4 Å². The standard InChI is InChI=1S/C20H19N3O4S/c1-24-14-7-5-12(6-8-14)15-11-28-20-21-19(22-23(15)20)13-9-16(25-2)18(27-4)17(10-13)26-3/h5-11H,1-4H3. The highest BCUT2D eigenvalue weighted by molar-refractivity contribution is 7.15. The van der Waals surface area contributed by atoms with E-state index in [1.54, 1.807) is 28.4 Å². The zero-order valence-corrected chi connectivity index (χ0v) is 16.7. The van der Waals surface area contributed by atoms with Gasteiger partial charge in [0.15, 0.2) is 17.3 Å². The molecule has 0 N–H and O–H groups in total. The molecule has 2 heterocycles. The molecule has 4 rings (SSSR count). The molecule has 0 fully saturated rings. The van der Waals surface area contributed by atoms with Gasteiger partial charge in [0.25, 0.3) is 0 Å². The van der Waals surface area contributed by atoms with Crippen molar-refractivity contribution in [3.63, 3.8) is 0 Å². The lowest BCUT2D eigenvalue weighted by Crippen LogP contribution is -1.96. The van der Waals surface area contributed by atoms with E-state index >= 15 is 0 Å². The number of thiazole rings is 1. The average molecular weight is 397 g/mol. The topological polar surface area (TPSA) is 67.1 Å². The maximum Gasteiger partial charge on any atom is 0.213 e. The Kier molecular flexibility index (Phi) is 4.79. The fraction of sp³-hybridized carbons (Fsp3) is 0.200. The Morgan fingerprint density at radius 2 is 1.50 bits per heavy atom. The Bertz CT molecular complexity index is 1090. The molecule has 0 aliphatic heterocycles. The van der Waals surface area contributed by atoms with E-state index in [1.807, 2.05) is 46.3 Å². The van der Waals surface area contributed by atoms with Crippen molar-refractivity contribution >= 4 is 16.3 Å². The molecule has 7 nitrogen and oxygen atoms in total. The van der Waals surface area contributed by atoms with E-state index in [4.69, 9.17) is 24.0 Å². The molecule has 0 amide bonds. The third kappa shape index (κ3) is 3.01. The molecule has 0 radical (unpaired) electrons. The maximum atomic E-state index is 5.43. The molecule has 0 bridgehead atoms.